The molecule has 0 bridgehead atoms. The van der Waals surface area contributed by atoms with Gasteiger partial charge in [0.1, 0.15) is 0 Å². The average molecular weight is 545 g/mol. The number of fused-ring (bicyclic) bond motifs is 1. The summed E-state index contributed by atoms with van der Waals surface area (Å²) in [5, 5.41) is 11.5. The molecular formula is C21H21Cl2F3N8O2. The fourth-order valence-corrected chi connectivity index (χ4v) is 3.61. The zero-order valence-electron chi connectivity index (χ0n) is 18.5. The summed E-state index contributed by atoms with van der Waals surface area (Å²) in [4.78, 5) is 20.8. The standard InChI is InChI=1S/C21H20ClF3N8O2.ClH/c22-15-9-12(1-2-13(15)20(34)28-5-8-35-7-3-26)31-18-19-29-11-16(33(19)6-4-27-18)14-10-30-32-17(14)21(23,24)25;/h1-2,4,6,9-11H,3,5,7-8,26H2,(H,27,31)(H,28,34)(H,30,32);1H. The van der Waals surface area contributed by atoms with Crippen molar-refractivity contribution >= 4 is 47.1 Å². The monoisotopic (exact) mass is 544 g/mol. The molecule has 0 saturated carbocycles. The Balaban J connectivity index is 0.00000361. The number of H-pyrrole nitrogens is 1. The molecule has 4 rings (SSSR count). The molecule has 10 nitrogen and oxygen atoms in total. The molecule has 3 heterocycles. The van der Waals surface area contributed by atoms with Gasteiger partial charge in [-0.15, -0.1) is 12.4 Å². The number of carbonyl (C=O) groups is 1. The van der Waals surface area contributed by atoms with Gasteiger partial charge in [-0.2, -0.15) is 18.3 Å². The van der Waals surface area contributed by atoms with Crippen molar-refractivity contribution in [1.29, 1.82) is 0 Å². The van der Waals surface area contributed by atoms with Crippen LogP contribution in [0.1, 0.15) is 16.1 Å². The van der Waals surface area contributed by atoms with Crippen LogP contribution < -0.4 is 16.4 Å². The number of hydrogen-bond acceptors (Lipinski definition) is 7. The smallest absolute Gasteiger partial charge is 0.378 e. The number of ether oxygens (including phenoxy) is 1. The van der Waals surface area contributed by atoms with Crippen LogP contribution >= 0.6 is 24.0 Å². The molecule has 0 aliphatic rings. The Morgan fingerprint density at radius 3 is 2.78 bits per heavy atom. The van der Waals surface area contributed by atoms with E-state index >= 15 is 0 Å². The lowest BCUT2D eigenvalue weighted by atomic mass is 10.2. The Morgan fingerprint density at radius 2 is 2.06 bits per heavy atom. The maximum Gasteiger partial charge on any atom is 0.435 e. The third-order valence-electron chi connectivity index (χ3n) is 4.88. The first-order chi connectivity index (χ1) is 16.8. The first-order valence-corrected chi connectivity index (χ1v) is 10.7. The van der Waals surface area contributed by atoms with Gasteiger partial charge in [0.15, 0.2) is 17.2 Å². The summed E-state index contributed by atoms with van der Waals surface area (Å²) in [6, 6.07) is 4.70. The number of anilines is 2. The number of benzene rings is 1. The molecule has 0 aliphatic carbocycles. The van der Waals surface area contributed by atoms with Gasteiger partial charge >= 0.3 is 6.18 Å². The lowest BCUT2D eigenvalue weighted by molar-refractivity contribution is -0.140. The van der Waals surface area contributed by atoms with E-state index in [4.69, 9.17) is 22.1 Å². The van der Waals surface area contributed by atoms with Crippen LogP contribution in [0.15, 0.2) is 43.0 Å². The maximum absolute atomic E-state index is 13.3. The van der Waals surface area contributed by atoms with Gasteiger partial charge in [-0.05, 0) is 18.2 Å². The highest BCUT2D eigenvalue weighted by molar-refractivity contribution is 6.34. The minimum Gasteiger partial charge on any atom is -0.378 e. The van der Waals surface area contributed by atoms with Gasteiger partial charge in [-0.1, -0.05) is 11.6 Å². The SMILES string of the molecule is Cl.NCCOCCNC(=O)c1ccc(Nc2nccn3c(-c4c[nH]nc4C(F)(F)F)cnc23)cc1Cl. The number of imidazole rings is 1. The van der Waals surface area contributed by atoms with Crippen LogP contribution in [0, 0.1) is 0 Å². The molecule has 0 radical (unpaired) electrons. The van der Waals surface area contributed by atoms with Crippen LogP contribution in [-0.2, 0) is 10.9 Å². The third kappa shape index (κ3) is 5.87. The Hall–Kier alpha value is -3.39. The van der Waals surface area contributed by atoms with E-state index in [1.165, 1.54) is 29.1 Å². The average Bonchev–Trinajstić information content (AvgIpc) is 3.46. The molecule has 0 atom stereocenters. The summed E-state index contributed by atoms with van der Waals surface area (Å²) in [7, 11) is 0. The molecule has 0 unspecified atom stereocenters. The predicted octanol–water partition coefficient (Wildman–Crippen LogP) is 3.66. The molecule has 0 aliphatic heterocycles. The molecule has 0 fully saturated rings. The quantitative estimate of drug-likeness (QED) is 0.236. The van der Waals surface area contributed by atoms with Crippen LogP contribution in [0.4, 0.5) is 24.7 Å². The lowest BCUT2D eigenvalue weighted by Crippen LogP contribution is -2.28. The summed E-state index contributed by atoms with van der Waals surface area (Å²) in [5.41, 5.74) is 5.39. The highest BCUT2D eigenvalue weighted by atomic mass is 35.5. The van der Waals surface area contributed by atoms with E-state index in [2.05, 4.69) is 30.8 Å². The fraction of sp³-hybridized carbons (Fsp3) is 0.238. The number of rotatable bonds is 9. The van der Waals surface area contributed by atoms with Crippen LogP contribution in [0.2, 0.25) is 5.02 Å². The number of nitrogens with zero attached hydrogens (tertiary/aromatic N) is 4. The van der Waals surface area contributed by atoms with Crippen molar-refractivity contribution in [2.45, 2.75) is 6.18 Å². The number of carbonyl (C=O) groups excluding carboxylic acids is 1. The molecule has 4 aromatic rings. The van der Waals surface area contributed by atoms with E-state index in [-0.39, 0.29) is 51.6 Å². The first-order valence-electron chi connectivity index (χ1n) is 10.4. The number of aromatic nitrogens is 5. The van der Waals surface area contributed by atoms with E-state index in [9.17, 15) is 18.0 Å². The largest absolute Gasteiger partial charge is 0.435 e. The second kappa shape index (κ2) is 11.6. The molecule has 15 heteroatoms. The molecule has 0 saturated heterocycles. The molecule has 1 aromatic carbocycles. The van der Waals surface area contributed by atoms with Crippen molar-refractivity contribution in [3.05, 3.63) is 59.3 Å². The van der Waals surface area contributed by atoms with Crippen molar-refractivity contribution < 1.29 is 22.7 Å². The maximum atomic E-state index is 13.3. The van der Waals surface area contributed by atoms with Crippen molar-refractivity contribution in [2.24, 2.45) is 5.73 Å². The number of aromatic amines is 1. The Labute approximate surface area is 213 Å². The second-order valence-electron chi connectivity index (χ2n) is 7.23. The fourth-order valence-electron chi connectivity index (χ4n) is 3.34. The molecular weight excluding hydrogens is 524 g/mol. The zero-order chi connectivity index (χ0) is 25.0. The summed E-state index contributed by atoms with van der Waals surface area (Å²) < 4.78 is 46.6. The van der Waals surface area contributed by atoms with Crippen LogP contribution in [0.3, 0.4) is 0 Å². The van der Waals surface area contributed by atoms with Gasteiger partial charge in [0, 0.05) is 37.4 Å². The van der Waals surface area contributed by atoms with Gasteiger partial charge in [-0.3, -0.25) is 14.3 Å². The molecule has 1 amide bonds. The van der Waals surface area contributed by atoms with E-state index in [0.29, 0.717) is 32.0 Å². The summed E-state index contributed by atoms with van der Waals surface area (Å²) in [6.45, 7) is 1.43. The number of hydrogen-bond donors (Lipinski definition) is 4. The number of alkyl halides is 3. The van der Waals surface area contributed by atoms with Crippen molar-refractivity contribution in [2.75, 3.05) is 31.6 Å². The van der Waals surface area contributed by atoms with E-state index in [1.54, 1.807) is 12.1 Å². The van der Waals surface area contributed by atoms with Gasteiger partial charge in [0.2, 0.25) is 0 Å². The minimum absolute atomic E-state index is 0. The lowest BCUT2D eigenvalue weighted by Gasteiger charge is -2.11. The molecule has 36 heavy (non-hydrogen) atoms. The first kappa shape index (κ1) is 27.2. The van der Waals surface area contributed by atoms with Gasteiger partial charge in [0.25, 0.3) is 5.91 Å². The predicted molar refractivity (Wildman–Crippen MR) is 130 cm³/mol. The van der Waals surface area contributed by atoms with Crippen LogP contribution in [0.5, 0.6) is 0 Å². The van der Waals surface area contributed by atoms with E-state index in [0.717, 1.165) is 6.20 Å². The number of nitrogens with one attached hydrogen (secondary N) is 3. The van der Waals surface area contributed by atoms with Gasteiger partial charge in [0.05, 0.1) is 41.3 Å². The van der Waals surface area contributed by atoms with Crippen LogP contribution in [0.25, 0.3) is 16.9 Å². The second-order valence-corrected chi connectivity index (χ2v) is 7.64. The Bertz CT molecular complexity index is 1340. The summed E-state index contributed by atoms with van der Waals surface area (Å²) in [5.74, 6) is -0.0854. The molecule has 5 N–H and O–H groups in total. The van der Waals surface area contributed by atoms with Crippen molar-refractivity contribution in [3.63, 3.8) is 0 Å². The Kier molecular flexibility index (Phi) is 8.74. The zero-order valence-corrected chi connectivity index (χ0v) is 20.0. The summed E-state index contributed by atoms with van der Waals surface area (Å²) >= 11 is 6.30. The normalized spacial score (nSPS) is 11.4. The number of nitrogens with two attached hydrogens (primary N) is 1. The molecule has 0 spiro atoms. The molecule has 3 aromatic heterocycles. The third-order valence-corrected chi connectivity index (χ3v) is 5.20. The Morgan fingerprint density at radius 1 is 1.25 bits per heavy atom. The van der Waals surface area contributed by atoms with E-state index < -0.39 is 11.9 Å². The van der Waals surface area contributed by atoms with Gasteiger partial charge in [-0.25, -0.2) is 9.97 Å². The van der Waals surface area contributed by atoms with Crippen molar-refractivity contribution in [1.82, 2.24) is 29.9 Å². The van der Waals surface area contributed by atoms with Crippen LogP contribution in [-0.4, -0.2) is 56.8 Å². The number of halogens is 5. The highest BCUT2D eigenvalue weighted by Crippen LogP contribution is 2.36. The molecule has 192 valence electrons. The summed E-state index contributed by atoms with van der Waals surface area (Å²) in [6.07, 6.45) is 0.751. The van der Waals surface area contributed by atoms with Gasteiger partial charge < -0.3 is 21.1 Å². The topological polar surface area (TPSA) is 135 Å². The highest BCUT2D eigenvalue weighted by Gasteiger charge is 2.37. The van der Waals surface area contributed by atoms with Crippen molar-refractivity contribution in [3.8, 4) is 11.3 Å². The van der Waals surface area contributed by atoms with E-state index in [1.807, 2.05) is 0 Å². The number of amides is 1. The minimum atomic E-state index is -4.63.